The van der Waals surface area contributed by atoms with Crippen molar-refractivity contribution in [2.24, 2.45) is 0 Å². The molecule has 0 amide bonds. The van der Waals surface area contributed by atoms with Crippen LogP contribution >= 0.6 is 11.3 Å². The zero-order valence-electron chi connectivity index (χ0n) is 10.5. The highest BCUT2D eigenvalue weighted by Gasteiger charge is 2.30. The van der Waals surface area contributed by atoms with Gasteiger partial charge in [0, 0.05) is 11.3 Å². The first-order valence-electron chi connectivity index (χ1n) is 6.40. The van der Waals surface area contributed by atoms with Crippen molar-refractivity contribution in [1.82, 2.24) is 20.0 Å². The van der Waals surface area contributed by atoms with Crippen LogP contribution < -0.4 is 5.73 Å². The Hall–Kier alpha value is -1.43. The molecule has 2 aromatic rings. The van der Waals surface area contributed by atoms with Crippen LogP contribution in [0.15, 0.2) is 5.38 Å². The average Bonchev–Trinajstić information content (AvgIpc) is 2.98. The van der Waals surface area contributed by atoms with Crippen LogP contribution in [-0.4, -0.2) is 20.0 Å². The van der Waals surface area contributed by atoms with E-state index >= 15 is 0 Å². The molecule has 6 heteroatoms. The minimum Gasteiger partial charge on any atom is -0.381 e. The molecule has 1 saturated carbocycles. The second kappa shape index (κ2) is 4.68. The van der Waals surface area contributed by atoms with E-state index in [1.807, 2.05) is 4.68 Å². The van der Waals surface area contributed by atoms with Gasteiger partial charge in [0.15, 0.2) is 5.82 Å². The molecule has 0 atom stereocenters. The Morgan fingerprint density at radius 3 is 3.06 bits per heavy atom. The molecule has 5 nitrogen and oxygen atoms in total. The lowest BCUT2D eigenvalue weighted by Crippen LogP contribution is -2.07. The second-order valence-corrected chi connectivity index (χ2v) is 5.72. The summed E-state index contributed by atoms with van der Waals surface area (Å²) in [6, 6.07) is 0. The van der Waals surface area contributed by atoms with Gasteiger partial charge in [-0.05, 0) is 25.7 Å². The molecular formula is C12H17N5S. The van der Waals surface area contributed by atoms with Gasteiger partial charge in [0.25, 0.3) is 0 Å². The number of hydrogen-bond acceptors (Lipinski definition) is 5. The first kappa shape index (κ1) is 11.6. The van der Waals surface area contributed by atoms with Gasteiger partial charge in [-0.2, -0.15) is 0 Å². The number of nitrogens with two attached hydrogens (primary N) is 1. The first-order chi connectivity index (χ1) is 8.78. The van der Waals surface area contributed by atoms with Crippen molar-refractivity contribution in [3.05, 3.63) is 21.8 Å². The van der Waals surface area contributed by atoms with Crippen LogP contribution in [0.4, 0.5) is 5.82 Å². The maximum atomic E-state index is 5.88. The molecule has 1 aliphatic rings. The molecule has 2 N–H and O–H groups in total. The number of nitrogen functional groups attached to an aromatic ring is 1. The van der Waals surface area contributed by atoms with Crippen molar-refractivity contribution in [3.63, 3.8) is 0 Å². The predicted octanol–water partition coefficient (Wildman–Crippen LogP) is 2.20. The highest BCUT2D eigenvalue weighted by atomic mass is 32.1. The molecule has 2 heterocycles. The first-order valence-corrected chi connectivity index (χ1v) is 7.28. The average molecular weight is 263 g/mol. The van der Waals surface area contributed by atoms with Crippen LogP contribution in [0.2, 0.25) is 0 Å². The molecular weight excluding hydrogens is 246 g/mol. The van der Waals surface area contributed by atoms with E-state index in [0.717, 1.165) is 24.2 Å². The summed E-state index contributed by atoms with van der Waals surface area (Å²) in [5, 5.41) is 11.4. The number of hydrogen-bond donors (Lipinski definition) is 1. The summed E-state index contributed by atoms with van der Waals surface area (Å²) in [5.74, 6) is 1.15. The fourth-order valence-corrected chi connectivity index (χ4v) is 3.02. The second-order valence-electron chi connectivity index (χ2n) is 4.77. The molecule has 96 valence electrons. The lowest BCUT2D eigenvalue weighted by Gasteiger charge is -2.03. The predicted molar refractivity (Wildman–Crippen MR) is 71.6 cm³/mol. The van der Waals surface area contributed by atoms with E-state index in [2.05, 4.69) is 27.6 Å². The maximum Gasteiger partial charge on any atom is 0.169 e. The summed E-state index contributed by atoms with van der Waals surface area (Å²) >= 11 is 1.73. The lowest BCUT2D eigenvalue weighted by atomic mass is 10.3. The summed E-state index contributed by atoms with van der Waals surface area (Å²) in [6.45, 7) is 2.86. The normalized spacial score (nSPS) is 15.2. The van der Waals surface area contributed by atoms with Gasteiger partial charge in [-0.3, -0.25) is 0 Å². The SMILES string of the molecule is CCCc1nc(Cn2nnc(N)c2C2CC2)cs1. The van der Waals surface area contributed by atoms with E-state index in [-0.39, 0.29) is 0 Å². The monoisotopic (exact) mass is 263 g/mol. The molecule has 0 aliphatic heterocycles. The summed E-state index contributed by atoms with van der Waals surface area (Å²) in [6.07, 6.45) is 4.60. The molecule has 0 saturated heterocycles. The Kier molecular flexibility index (Phi) is 3.03. The Labute approximate surface area is 110 Å². The van der Waals surface area contributed by atoms with Crippen LogP contribution in [0.3, 0.4) is 0 Å². The molecule has 0 unspecified atom stereocenters. The molecule has 1 aliphatic carbocycles. The molecule has 0 aromatic carbocycles. The number of anilines is 1. The molecule has 3 rings (SSSR count). The Bertz CT molecular complexity index is 540. The van der Waals surface area contributed by atoms with Crippen molar-refractivity contribution >= 4 is 17.2 Å². The third kappa shape index (κ3) is 2.25. The fourth-order valence-electron chi connectivity index (χ4n) is 2.13. The van der Waals surface area contributed by atoms with Gasteiger partial charge in [-0.15, -0.1) is 16.4 Å². The molecule has 0 spiro atoms. The van der Waals surface area contributed by atoms with Crippen LogP contribution in [0.1, 0.15) is 48.5 Å². The summed E-state index contributed by atoms with van der Waals surface area (Å²) in [7, 11) is 0. The fraction of sp³-hybridized carbons (Fsp3) is 0.583. The van der Waals surface area contributed by atoms with Gasteiger partial charge in [0.05, 0.1) is 22.9 Å². The number of aromatic nitrogens is 4. The van der Waals surface area contributed by atoms with Crippen molar-refractivity contribution in [2.75, 3.05) is 5.73 Å². The van der Waals surface area contributed by atoms with Crippen LogP contribution in [-0.2, 0) is 13.0 Å². The Balaban J connectivity index is 1.78. The highest BCUT2D eigenvalue weighted by Crippen LogP contribution is 2.42. The largest absolute Gasteiger partial charge is 0.381 e. The molecule has 0 bridgehead atoms. The van der Waals surface area contributed by atoms with E-state index < -0.39 is 0 Å². The minimum absolute atomic E-state index is 0.564. The van der Waals surface area contributed by atoms with E-state index in [0.29, 0.717) is 18.3 Å². The highest BCUT2D eigenvalue weighted by molar-refractivity contribution is 7.09. The number of aryl methyl sites for hydroxylation is 1. The van der Waals surface area contributed by atoms with Gasteiger partial charge in [-0.1, -0.05) is 12.1 Å². The summed E-state index contributed by atoms with van der Waals surface area (Å²) < 4.78 is 1.91. The quantitative estimate of drug-likeness (QED) is 0.897. The molecule has 18 heavy (non-hydrogen) atoms. The number of nitrogens with zero attached hydrogens (tertiary/aromatic N) is 4. The van der Waals surface area contributed by atoms with E-state index in [9.17, 15) is 0 Å². The minimum atomic E-state index is 0.564. The number of thiazole rings is 1. The van der Waals surface area contributed by atoms with E-state index in [4.69, 9.17) is 5.73 Å². The zero-order chi connectivity index (χ0) is 12.5. The van der Waals surface area contributed by atoms with Gasteiger partial charge in [0.2, 0.25) is 0 Å². The summed E-state index contributed by atoms with van der Waals surface area (Å²) in [5.41, 5.74) is 8.04. The third-order valence-corrected chi connectivity index (χ3v) is 4.10. The molecule has 1 fully saturated rings. The Morgan fingerprint density at radius 1 is 1.50 bits per heavy atom. The van der Waals surface area contributed by atoms with Crippen LogP contribution in [0.25, 0.3) is 0 Å². The smallest absolute Gasteiger partial charge is 0.169 e. The van der Waals surface area contributed by atoms with Crippen molar-refractivity contribution < 1.29 is 0 Å². The molecule has 0 radical (unpaired) electrons. The van der Waals surface area contributed by atoms with Crippen molar-refractivity contribution in [1.29, 1.82) is 0 Å². The van der Waals surface area contributed by atoms with Gasteiger partial charge >= 0.3 is 0 Å². The lowest BCUT2D eigenvalue weighted by molar-refractivity contribution is 0.610. The van der Waals surface area contributed by atoms with Crippen molar-refractivity contribution in [2.45, 2.75) is 45.1 Å². The van der Waals surface area contributed by atoms with Crippen LogP contribution in [0, 0.1) is 0 Å². The van der Waals surface area contributed by atoms with E-state index in [1.165, 1.54) is 17.8 Å². The Morgan fingerprint density at radius 2 is 2.33 bits per heavy atom. The molecule has 2 aromatic heterocycles. The van der Waals surface area contributed by atoms with E-state index in [1.54, 1.807) is 11.3 Å². The standard InChI is InChI=1S/C12H17N5S/c1-2-3-10-14-9(7-18-10)6-17-11(8-4-5-8)12(13)15-16-17/h7-8H,2-6,13H2,1H3. The van der Waals surface area contributed by atoms with Gasteiger partial charge in [0.1, 0.15) is 0 Å². The third-order valence-electron chi connectivity index (χ3n) is 3.14. The van der Waals surface area contributed by atoms with Crippen LogP contribution in [0.5, 0.6) is 0 Å². The maximum absolute atomic E-state index is 5.88. The van der Waals surface area contributed by atoms with Crippen molar-refractivity contribution in [3.8, 4) is 0 Å². The zero-order valence-corrected chi connectivity index (χ0v) is 11.3. The van der Waals surface area contributed by atoms with Gasteiger partial charge < -0.3 is 5.73 Å². The number of rotatable bonds is 5. The topological polar surface area (TPSA) is 69.6 Å². The van der Waals surface area contributed by atoms with Gasteiger partial charge in [-0.25, -0.2) is 9.67 Å². The summed E-state index contributed by atoms with van der Waals surface area (Å²) in [4.78, 5) is 4.61.